The molecule has 0 amide bonds. The fourth-order valence-corrected chi connectivity index (χ4v) is 2.04. The Kier molecular flexibility index (Phi) is 7.40. The van der Waals surface area contributed by atoms with Crippen LogP contribution in [0, 0.1) is 5.82 Å². The van der Waals surface area contributed by atoms with Crippen molar-refractivity contribution in [1.82, 2.24) is 5.32 Å². The third kappa shape index (κ3) is 6.15. The molecular weight excluding hydrogens is 285 g/mol. The van der Waals surface area contributed by atoms with Crippen LogP contribution in [0.1, 0.15) is 18.4 Å². The Labute approximate surface area is 111 Å². The maximum absolute atomic E-state index is 13.0. The highest BCUT2D eigenvalue weighted by atomic mass is 79.9. The lowest BCUT2D eigenvalue weighted by Gasteiger charge is -2.06. The van der Waals surface area contributed by atoms with Gasteiger partial charge in [-0.1, -0.05) is 15.9 Å². The minimum Gasteiger partial charge on any atom is -0.383 e. The van der Waals surface area contributed by atoms with Crippen LogP contribution in [0.5, 0.6) is 0 Å². The lowest BCUT2D eigenvalue weighted by molar-refractivity contribution is 0.199. The highest BCUT2D eigenvalue weighted by Gasteiger charge is 2.01. The Morgan fingerprint density at radius 3 is 2.88 bits per heavy atom. The van der Waals surface area contributed by atoms with Crippen molar-refractivity contribution in [3.63, 3.8) is 0 Å². The first-order chi connectivity index (χ1) is 8.24. The molecule has 0 bridgehead atoms. The lowest BCUT2D eigenvalue weighted by Crippen LogP contribution is -2.20. The highest BCUT2D eigenvalue weighted by molar-refractivity contribution is 9.10. The molecule has 96 valence electrons. The van der Waals surface area contributed by atoms with Gasteiger partial charge in [-0.2, -0.15) is 0 Å². The third-order valence-electron chi connectivity index (χ3n) is 2.54. The first-order valence-electron chi connectivity index (χ1n) is 5.87. The van der Waals surface area contributed by atoms with Gasteiger partial charge in [0.05, 0.1) is 6.61 Å². The van der Waals surface area contributed by atoms with Crippen LogP contribution in [0.25, 0.3) is 0 Å². The molecule has 0 aliphatic rings. The van der Waals surface area contributed by atoms with Crippen molar-refractivity contribution in [2.24, 2.45) is 0 Å². The molecule has 0 aliphatic heterocycles. The number of rotatable bonds is 8. The highest BCUT2D eigenvalue weighted by Crippen LogP contribution is 2.19. The quantitative estimate of drug-likeness (QED) is 0.745. The zero-order valence-corrected chi connectivity index (χ0v) is 11.7. The van der Waals surface area contributed by atoms with E-state index in [0.717, 1.165) is 49.0 Å². The normalized spacial score (nSPS) is 10.8. The molecular formula is C13H19BrFNO. The molecule has 0 radical (unpaired) electrons. The summed E-state index contributed by atoms with van der Waals surface area (Å²) in [5.41, 5.74) is 1.04. The Morgan fingerprint density at radius 2 is 2.12 bits per heavy atom. The van der Waals surface area contributed by atoms with Crippen molar-refractivity contribution < 1.29 is 9.13 Å². The molecule has 1 aromatic carbocycles. The Morgan fingerprint density at radius 1 is 1.29 bits per heavy atom. The van der Waals surface area contributed by atoms with Gasteiger partial charge in [0.15, 0.2) is 0 Å². The van der Waals surface area contributed by atoms with Crippen LogP contribution in [-0.4, -0.2) is 26.8 Å². The molecule has 0 aliphatic carbocycles. The Bertz CT molecular complexity index is 333. The van der Waals surface area contributed by atoms with Crippen LogP contribution in [0.2, 0.25) is 0 Å². The third-order valence-corrected chi connectivity index (χ3v) is 3.31. The standard InChI is InChI=1S/C13H19BrFNO/c1-17-9-8-16-7-3-2-4-11-10-12(15)5-6-13(11)14/h5-6,10,16H,2-4,7-9H2,1H3. The predicted molar refractivity (Wildman–Crippen MR) is 71.8 cm³/mol. The van der Waals surface area contributed by atoms with E-state index in [0.29, 0.717) is 0 Å². The predicted octanol–water partition coefficient (Wildman–Crippen LogP) is 3.15. The number of benzene rings is 1. The molecule has 0 fully saturated rings. The van der Waals surface area contributed by atoms with Crippen LogP contribution in [0.15, 0.2) is 22.7 Å². The summed E-state index contributed by atoms with van der Waals surface area (Å²) in [5.74, 6) is -0.165. The van der Waals surface area contributed by atoms with Gasteiger partial charge in [-0.05, 0) is 49.6 Å². The van der Waals surface area contributed by atoms with Crippen LogP contribution >= 0.6 is 15.9 Å². The summed E-state index contributed by atoms with van der Waals surface area (Å²) in [4.78, 5) is 0. The number of hydrogen-bond acceptors (Lipinski definition) is 2. The van der Waals surface area contributed by atoms with E-state index >= 15 is 0 Å². The first kappa shape index (κ1) is 14.6. The van der Waals surface area contributed by atoms with Gasteiger partial charge in [0.2, 0.25) is 0 Å². The number of aryl methyl sites for hydroxylation is 1. The van der Waals surface area contributed by atoms with Gasteiger partial charge in [-0.15, -0.1) is 0 Å². The van der Waals surface area contributed by atoms with E-state index in [-0.39, 0.29) is 5.82 Å². The fraction of sp³-hybridized carbons (Fsp3) is 0.538. The summed E-state index contributed by atoms with van der Waals surface area (Å²) in [6.07, 6.45) is 3.05. The second-order valence-corrected chi connectivity index (χ2v) is 4.79. The first-order valence-corrected chi connectivity index (χ1v) is 6.67. The minimum absolute atomic E-state index is 0.165. The second kappa shape index (κ2) is 8.61. The Hall–Kier alpha value is -0.450. The zero-order chi connectivity index (χ0) is 12.5. The monoisotopic (exact) mass is 303 g/mol. The molecule has 0 aromatic heterocycles. The minimum atomic E-state index is -0.165. The summed E-state index contributed by atoms with van der Waals surface area (Å²) in [6, 6.07) is 4.84. The largest absolute Gasteiger partial charge is 0.383 e. The molecule has 1 N–H and O–H groups in total. The average Bonchev–Trinajstić information content (AvgIpc) is 2.32. The van der Waals surface area contributed by atoms with E-state index in [9.17, 15) is 4.39 Å². The van der Waals surface area contributed by atoms with Crippen molar-refractivity contribution >= 4 is 15.9 Å². The molecule has 0 spiro atoms. The number of hydrogen-bond donors (Lipinski definition) is 1. The molecule has 4 heteroatoms. The van der Waals surface area contributed by atoms with Gasteiger partial charge in [-0.25, -0.2) is 4.39 Å². The van der Waals surface area contributed by atoms with Crippen LogP contribution in [0.3, 0.4) is 0 Å². The molecule has 0 saturated heterocycles. The maximum atomic E-state index is 13.0. The van der Waals surface area contributed by atoms with Crippen molar-refractivity contribution in [2.45, 2.75) is 19.3 Å². The van der Waals surface area contributed by atoms with E-state index < -0.39 is 0 Å². The molecule has 0 saturated carbocycles. The van der Waals surface area contributed by atoms with Gasteiger partial charge in [0, 0.05) is 18.1 Å². The summed E-state index contributed by atoms with van der Waals surface area (Å²) in [7, 11) is 1.70. The van der Waals surface area contributed by atoms with Gasteiger partial charge in [0.1, 0.15) is 5.82 Å². The smallest absolute Gasteiger partial charge is 0.123 e. The van der Waals surface area contributed by atoms with Gasteiger partial charge in [0.25, 0.3) is 0 Å². The summed E-state index contributed by atoms with van der Waals surface area (Å²) in [6.45, 7) is 2.62. The second-order valence-electron chi connectivity index (χ2n) is 3.94. The van der Waals surface area contributed by atoms with Crippen LogP contribution in [0.4, 0.5) is 4.39 Å². The average molecular weight is 304 g/mol. The maximum Gasteiger partial charge on any atom is 0.123 e. The Balaban J connectivity index is 2.15. The SMILES string of the molecule is COCCNCCCCc1cc(F)ccc1Br. The van der Waals surface area contributed by atoms with E-state index in [4.69, 9.17) is 4.74 Å². The van der Waals surface area contributed by atoms with E-state index in [2.05, 4.69) is 21.2 Å². The molecule has 0 heterocycles. The fourth-order valence-electron chi connectivity index (χ4n) is 1.60. The van der Waals surface area contributed by atoms with Gasteiger partial charge < -0.3 is 10.1 Å². The van der Waals surface area contributed by atoms with E-state index in [1.807, 2.05) is 0 Å². The zero-order valence-electron chi connectivity index (χ0n) is 10.1. The number of methoxy groups -OCH3 is 1. The number of unbranched alkanes of at least 4 members (excludes halogenated alkanes) is 1. The van der Waals surface area contributed by atoms with Crippen molar-refractivity contribution in [2.75, 3.05) is 26.8 Å². The molecule has 0 atom stereocenters. The summed E-state index contributed by atoms with van der Waals surface area (Å²) >= 11 is 3.43. The molecule has 2 nitrogen and oxygen atoms in total. The molecule has 0 unspecified atom stereocenters. The van der Waals surface area contributed by atoms with E-state index in [1.54, 1.807) is 19.2 Å². The molecule has 1 aromatic rings. The van der Waals surface area contributed by atoms with Crippen molar-refractivity contribution in [3.8, 4) is 0 Å². The van der Waals surface area contributed by atoms with Crippen molar-refractivity contribution in [1.29, 1.82) is 0 Å². The number of halogens is 2. The topological polar surface area (TPSA) is 21.3 Å². The van der Waals surface area contributed by atoms with Gasteiger partial charge >= 0.3 is 0 Å². The van der Waals surface area contributed by atoms with Crippen LogP contribution in [-0.2, 0) is 11.2 Å². The number of ether oxygens (including phenoxy) is 1. The van der Waals surface area contributed by atoms with Gasteiger partial charge in [-0.3, -0.25) is 0 Å². The van der Waals surface area contributed by atoms with Crippen LogP contribution < -0.4 is 5.32 Å². The summed E-state index contributed by atoms with van der Waals surface area (Å²) < 4.78 is 18.9. The summed E-state index contributed by atoms with van der Waals surface area (Å²) in [5, 5.41) is 3.29. The lowest BCUT2D eigenvalue weighted by atomic mass is 10.1. The number of nitrogens with one attached hydrogen (secondary N) is 1. The molecule has 17 heavy (non-hydrogen) atoms. The van der Waals surface area contributed by atoms with E-state index in [1.165, 1.54) is 6.07 Å². The molecule has 1 rings (SSSR count). The van der Waals surface area contributed by atoms with Crippen molar-refractivity contribution in [3.05, 3.63) is 34.1 Å².